The Morgan fingerprint density at radius 3 is 2.35 bits per heavy atom. The number of aliphatic hydroxyl groups is 1. The van der Waals surface area contributed by atoms with Crippen molar-refractivity contribution in [3.05, 3.63) is 17.0 Å². The van der Waals surface area contributed by atoms with Gasteiger partial charge >= 0.3 is 5.97 Å². The van der Waals surface area contributed by atoms with Gasteiger partial charge < -0.3 is 19.8 Å². The van der Waals surface area contributed by atoms with Crippen molar-refractivity contribution in [2.24, 2.45) is 7.05 Å². The molecule has 0 unspecified atom stereocenters. The molecule has 1 aromatic rings. The van der Waals surface area contributed by atoms with Gasteiger partial charge in [-0.1, -0.05) is 0 Å². The van der Waals surface area contributed by atoms with Gasteiger partial charge in [-0.2, -0.15) is 5.10 Å². The number of fused-ring (bicyclic) bond motifs is 1. The predicted molar refractivity (Wildman–Crippen MR) is 112 cm³/mol. The van der Waals surface area contributed by atoms with Crippen LogP contribution in [0.3, 0.4) is 0 Å². The number of amides is 1. The lowest BCUT2D eigenvalue weighted by Crippen LogP contribution is -2.52. The van der Waals surface area contributed by atoms with E-state index in [1.807, 2.05) is 0 Å². The number of hydrogen-bond acceptors (Lipinski definition) is 7. The molecule has 2 N–H and O–H groups in total. The van der Waals surface area contributed by atoms with Gasteiger partial charge in [0.15, 0.2) is 15.5 Å². The van der Waals surface area contributed by atoms with Gasteiger partial charge in [-0.15, -0.1) is 0 Å². The number of ether oxygens (including phenoxy) is 1. The number of hydrogen-bond donors (Lipinski definition) is 2. The third kappa shape index (κ3) is 4.22. The van der Waals surface area contributed by atoms with Crippen LogP contribution in [0.2, 0.25) is 0 Å². The molecule has 0 spiro atoms. The van der Waals surface area contributed by atoms with Gasteiger partial charge in [0.25, 0.3) is 5.91 Å². The van der Waals surface area contributed by atoms with Gasteiger partial charge in [0, 0.05) is 25.7 Å². The molecule has 11 heteroatoms. The zero-order chi connectivity index (χ0) is 23.4. The zero-order valence-corrected chi connectivity index (χ0v) is 19.5. The molecule has 0 saturated heterocycles. The van der Waals surface area contributed by atoms with E-state index in [0.717, 1.165) is 0 Å². The average molecular weight is 458 g/mol. The van der Waals surface area contributed by atoms with Crippen LogP contribution in [-0.2, 0) is 28.0 Å². The van der Waals surface area contributed by atoms with Gasteiger partial charge in [-0.25, -0.2) is 13.2 Å². The predicted octanol–water partition coefficient (Wildman–Crippen LogP) is 0.630. The standard InChI is InChI=1S/C20H31N3O7S/c1-18(2,27)11-30-12-19(3,4)31(28,29)20(7-8-20)10-23-9-6-13-14(17(25)26)21-22(5)15(13)16(23)24/h27H,6-12H2,1-5H3,(H,25,26). The molecule has 1 fully saturated rings. The maximum atomic E-state index is 13.5. The molecule has 1 amide bonds. The van der Waals surface area contributed by atoms with E-state index < -0.39 is 36.8 Å². The van der Waals surface area contributed by atoms with Gasteiger partial charge in [-0.3, -0.25) is 9.48 Å². The molecule has 31 heavy (non-hydrogen) atoms. The molecular weight excluding hydrogens is 426 g/mol. The number of carboxylic acids is 1. The third-order valence-corrected chi connectivity index (χ3v) is 9.21. The van der Waals surface area contributed by atoms with Gasteiger partial charge in [0.2, 0.25) is 0 Å². The molecule has 2 heterocycles. The van der Waals surface area contributed by atoms with Crippen molar-refractivity contribution < 1.29 is 33.0 Å². The monoisotopic (exact) mass is 457 g/mol. The fraction of sp³-hybridized carbons (Fsp3) is 0.750. The van der Waals surface area contributed by atoms with Gasteiger partial charge in [0.05, 0.1) is 28.3 Å². The second-order valence-corrected chi connectivity index (χ2v) is 12.8. The highest BCUT2D eigenvalue weighted by Crippen LogP contribution is 2.49. The van der Waals surface area contributed by atoms with Crippen LogP contribution in [0.4, 0.5) is 0 Å². The fourth-order valence-corrected chi connectivity index (χ4v) is 6.48. The first-order valence-electron chi connectivity index (χ1n) is 10.2. The van der Waals surface area contributed by atoms with E-state index in [0.29, 0.717) is 24.8 Å². The van der Waals surface area contributed by atoms with Gasteiger partial charge in [-0.05, 0) is 47.0 Å². The first-order valence-corrected chi connectivity index (χ1v) is 11.7. The molecule has 1 saturated carbocycles. The minimum atomic E-state index is -3.68. The molecule has 0 aromatic carbocycles. The summed E-state index contributed by atoms with van der Waals surface area (Å²) in [4.78, 5) is 26.0. The Hall–Kier alpha value is -1.98. The van der Waals surface area contributed by atoms with Crippen LogP contribution >= 0.6 is 0 Å². The van der Waals surface area contributed by atoms with E-state index in [-0.39, 0.29) is 37.7 Å². The first kappa shape index (κ1) is 23.7. The summed E-state index contributed by atoms with van der Waals surface area (Å²) in [5.41, 5.74) is -0.606. The number of rotatable bonds is 9. The molecule has 10 nitrogen and oxygen atoms in total. The first-order chi connectivity index (χ1) is 14.1. The number of aromatic carboxylic acids is 1. The van der Waals surface area contributed by atoms with Crippen LogP contribution in [-0.4, -0.2) is 86.6 Å². The molecule has 0 atom stereocenters. The summed E-state index contributed by atoms with van der Waals surface area (Å²) in [6.07, 6.45) is 1.21. The van der Waals surface area contributed by atoms with Crippen LogP contribution in [0.5, 0.6) is 0 Å². The van der Waals surface area contributed by atoms with Crippen molar-refractivity contribution in [2.75, 3.05) is 26.3 Å². The summed E-state index contributed by atoms with van der Waals surface area (Å²) in [7, 11) is -2.17. The minimum Gasteiger partial charge on any atom is -0.476 e. The lowest BCUT2D eigenvalue weighted by Gasteiger charge is -2.35. The van der Waals surface area contributed by atoms with E-state index in [1.54, 1.807) is 27.7 Å². The molecule has 0 radical (unpaired) electrons. The van der Waals surface area contributed by atoms with Crippen molar-refractivity contribution in [1.82, 2.24) is 14.7 Å². The highest BCUT2D eigenvalue weighted by Gasteiger charge is 2.61. The van der Waals surface area contributed by atoms with Crippen molar-refractivity contribution >= 4 is 21.7 Å². The molecule has 3 rings (SSSR count). The van der Waals surface area contributed by atoms with Gasteiger partial charge in [0.1, 0.15) is 5.69 Å². The second kappa shape index (κ2) is 7.56. The Labute approximate surface area is 182 Å². The Kier molecular flexibility index (Phi) is 5.77. The molecule has 1 aliphatic carbocycles. The molecule has 1 aliphatic heterocycles. The molecular formula is C20H31N3O7S. The summed E-state index contributed by atoms with van der Waals surface area (Å²) >= 11 is 0. The Morgan fingerprint density at radius 1 is 1.23 bits per heavy atom. The van der Waals surface area contributed by atoms with E-state index in [2.05, 4.69) is 5.10 Å². The summed E-state index contributed by atoms with van der Waals surface area (Å²) < 4.78 is 31.5. The van der Waals surface area contributed by atoms with Crippen LogP contribution in [0, 0.1) is 0 Å². The summed E-state index contributed by atoms with van der Waals surface area (Å²) in [6, 6.07) is 0. The Morgan fingerprint density at radius 2 is 1.84 bits per heavy atom. The largest absolute Gasteiger partial charge is 0.476 e. The lowest BCUT2D eigenvalue weighted by atomic mass is 10.0. The number of carbonyl (C=O) groups is 2. The van der Waals surface area contributed by atoms with Crippen LogP contribution in [0.25, 0.3) is 0 Å². The number of carboxylic acid groups (broad SMARTS) is 1. The maximum absolute atomic E-state index is 13.5. The summed E-state index contributed by atoms with van der Waals surface area (Å²) in [6.45, 7) is 6.61. The zero-order valence-electron chi connectivity index (χ0n) is 18.6. The van der Waals surface area contributed by atoms with Crippen LogP contribution in [0.15, 0.2) is 0 Å². The normalized spacial score (nSPS) is 18.8. The molecule has 0 bridgehead atoms. The quantitative estimate of drug-likeness (QED) is 0.550. The number of nitrogens with zero attached hydrogens (tertiary/aromatic N) is 3. The van der Waals surface area contributed by atoms with E-state index in [4.69, 9.17) is 4.74 Å². The number of sulfone groups is 1. The maximum Gasteiger partial charge on any atom is 0.356 e. The van der Waals surface area contributed by atoms with E-state index >= 15 is 0 Å². The SMILES string of the molecule is Cn1nc(C(=O)O)c2c1C(=O)N(CC1(S(=O)(=O)C(C)(C)COCC(C)(C)O)CC1)CC2. The van der Waals surface area contributed by atoms with Crippen LogP contribution < -0.4 is 0 Å². The highest BCUT2D eigenvalue weighted by molar-refractivity contribution is 7.94. The number of carbonyl (C=O) groups excluding carboxylic acids is 1. The third-order valence-electron chi connectivity index (χ3n) is 5.96. The summed E-state index contributed by atoms with van der Waals surface area (Å²) in [5, 5.41) is 23.1. The number of aryl methyl sites for hydroxylation is 1. The Bertz CT molecular complexity index is 1000. The topological polar surface area (TPSA) is 139 Å². The van der Waals surface area contributed by atoms with Crippen molar-refractivity contribution in [1.29, 1.82) is 0 Å². The second-order valence-electron chi connectivity index (χ2n) is 9.83. The van der Waals surface area contributed by atoms with Crippen molar-refractivity contribution in [2.45, 2.75) is 62.1 Å². The summed E-state index contributed by atoms with van der Waals surface area (Å²) in [5.74, 6) is -1.59. The van der Waals surface area contributed by atoms with E-state index in [1.165, 1.54) is 16.6 Å². The Balaban J connectivity index is 1.78. The molecule has 1 aromatic heterocycles. The van der Waals surface area contributed by atoms with Crippen LogP contribution in [0.1, 0.15) is 67.1 Å². The van der Waals surface area contributed by atoms with Crippen molar-refractivity contribution in [3.63, 3.8) is 0 Å². The highest BCUT2D eigenvalue weighted by atomic mass is 32.2. The van der Waals surface area contributed by atoms with Crippen molar-refractivity contribution in [3.8, 4) is 0 Å². The average Bonchev–Trinajstić information content (AvgIpc) is 3.33. The minimum absolute atomic E-state index is 0.0126. The van der Waals surface area contributed by atoms with E-state index in [9.17, 15) is 28.2 Å². The molecule has 174 valence electrons. The molecule has 2 aliphatic rings. The number of aromatic nitrogens is 2. The smallest absolute Gasteiger partial charge is 0.356 e. The lowest BCUT2D eigenvalue weighted by molar-refractivity contribution is -0.0253. The fourth-order valence-electron chi connectivity index (χ4n) is 4.10.